The van der Waals surface area contributed by atoms with Crippen molar-refractivity contribution in [2.24, 2.45) is 5.84 Å². The van der Waals surface area contributed by atoms with Crippen LogP contribution in [0.15, 0.2) is 36.7 Å². The zero-order valence-corrected chi connectivity index (χ0v) is 25.3. The Labute approximate surface area is 229 Å². The predicted molar refractivity (Wildman–Crippen MR) is 148 cm³/mol. The molecule has 0 fully saturated rings. The van der Waals surface area contributed by atoms with Crippen LogP contribution in [0.4, 0.5) is 36.9 Å². The first-order valence-corrected chi connectivity index (χ1v) is 13.6. The van der Waals surface area contributed by atoms with Crippen molar-refractivity contribution in [2.45, 2.75) is 27.7 Å². The fourth-order valence-corrected chi connectivity index (χ4v) is 1.79. The zero-order valence-electron chi connectivity index (χ0n) is 23.7. The number of amidine groups is 1. The van der Waals surface area contributed by atoms with Crippen LogP contribution in [-0.4, -0.2) is 87.1 Å². The summed E-state index contributed by atoms with van der Waals surface area (Å²) in [5.41, 5.74) is 3.12. The summed E-state index contributed by atoms with van der Waals surface area (Å²) in [6, 6.07) is 7.19. The number of aromatic nitrogens is 6. The second-order valence-electron chi connectivity index (χ2n) is 6.96. The van der Waals surface area contributed by atoms with Gasteiger partial charge in [-0.15, -0.1) is 15.3 Å². The first kappa shape index (κ1) is 40.5. The van der Waals surface area contributed by atoms with Crippen LogP contribution in [0.5, 0.6) is 0 Å². The van der Waals surface area contributed by atoms with Gasteiger partial charge in [-0.3, -0.25) is 9.48 Å². The molecule has 0 aliphatic rings. The normalized spacial score (nSPS) is 11.2. The van der Waals surface area contributed by atoms with Gasteiger partial charge in [0.25, 0.3) is 0 Å². The smallest absolute Gasteiger partial charge is 0.162 e. The van der Waals surface area contributed by atoms with Gasteiger partial charge in [-0.2, -0.15) is 14.7 Å². The Hall–Kier alpha value is -3.04. The number of nitrogen functional groups attached to an aromatic ring is 1. The number of rotatable bonds is 2. The molecule has 11 nitrogen and oxygen atoms in total. The van der Waals surface area contributed by atoms with Crippen LogP contribution < -0.4 is 16.2 Å². The van der Waals surface area contributed by atoms with Gasteiger partial charge in [-0.05, 0) is 24.3 Å². The van der Waals surface area contributed by atoms with Crippen molar-refractivity contribution in [3.63, 3.8) is 0 Å². The Morgan fingerprint density at radius 2 is 1.38 bits per heavy atom. The number of nitrogens with zero attached hydrogens (tertiary/aromatic N) is 9. The van der Waals surface area contributed by atoms with Gasteiger partial charge >= 0.3 is 38.3 Å². The first-order valence-electron chi connectivity index (χ1n) is 11.2. The Kier molecular flexibility index (Phi) is 18.2. The first-order chi connectivity index (χ1) is 17.7. The molecular formula is C20H39ClF6N11P. The topological polar surface area (TPSA) is 116 Å². The van der Waals surface area contributed by atoms with E-state index in [1.165, 1.54) is 0 Å². The maximum Gasteiger partial charge on any atom is 0.162 e. The van der Waals surface area contributed by atoms with Crippen LogP contribution in [0.1, 0.15) is 27.7 Å². The van der Waals surface area contributed by atoms with Crippen molar-refractivity contribution in [2.75, 3.05) is 52.6 Å². The number of nitrogens with one attached hydrogen (secondary N) is 1. The molecule has 3 aromatic rings. The van der Waals surface area contributed by atoms with Gasteiger partial charge in [0.1, 0.15) is 0 Å². The second-order valence-corrected chi connectivity index (χ2v) is 9.21. The maximum absolute atomic E-state index is 10.7. The van der Waals surface area contributed by atoms with Gasteiger partial charge in [-0.1, -0.05) is 27.7 Å². The molecule has 0 atom stereocenters. The Bertz CT molecular complexity index is 1070. The average Bonchev–Trinajstić information content (AvgIpc) is 3.30. The van der Waals surface area contributed by atoms with E-state index in [1.54, 1.807) is 29.0 Å². The summed E-state index contributed by atoms with van der Waals surface area (Å²) in [6.07, 6.45) is 3.30. The van der Waals surface area contributed by atoms with Gasteiger partial charge in [0.2, 0.25) is 5.95 Å². The molecule has 0 saturated heterocycles. The van der Waals surface area contributed by atoms with Gasteiger partial charge < -0.3 is 10.3 Å². The Balaban J connectivity index is -0.000000434. The van der Waals surface area contributed by atoms with E-state index in [4.69, 9.17) is 17.4 Å². The number of anilines is 2. The van der Waals surface area contributed by atoms with Crippen molar-refractivity contribution < 1.29 is 29.8 Å². The van der Waals surface area contributed by atoms with Crippen LogP contribution in [-0.2, 0) is 0 Å². The summed E-state index contributed by atoms with van der Waals surface area (Å²) in [7, 11) is 0.779. The van der Waals surface area contributed by atoms with Gasteiger partial charge in [0, 0.05) is 38.1 Å². The van der Waals surface area contributed by atoms with Crippen molar-refractivity contribution in [3.05, 3.63) is 36.7 Å². The molecule has 0 amide bonds. The number of hydrazine groups is 1. The molecule has 19 heteroatoms. The Morgan fingerprint density at radius 3 is 1.69 bits per heavy atom. The quantitative estimate of drug-likeness (QED) is 0.0540. The van der Waals surface area contributed by atoms with Crippen LogP contribution in [0, 0.1) is 0 Å². The molecule has 0 saturated carbocycles. The van der Waals surface area contributed by atoms with Crippen LogP contribution in [0.3, 0.4) is 0 Å². The molecule has 0 bridgehead atoms. The molecule has 0 unspecified atom stereocenters. The standard InChI is InChI=1S/C7H9N5.C5H12ClN2.C4H6N4.2C2H6.F6P/c1-11(2)7-10-9-6-4-3-5-8-12(6)7;1-7(2)5(6)8(3)4;5-7-4-2-1-3-6-8-4;2*1-2;1-7(2,3,4,5)6/h3-5H,1-2H3;1-4H3;1-3H,5H2,(H,7,8);2*1-2H3;/q;+1;;;;-1. The van der Waals surface area contributed by atoms with E-state index >= 15 is 0 Å². The van der Waals surface area contributed by atoms with E-state index in [0.717, 1.165) is 16.9 Å². The molecule has 0 aromatic carbocycles. The predicted octanol–water partition coefficient (Wildman–Crippen LogP) is 5.80. The Morgan fingerprint density at radius 1 is 0.897 bits per heavy atom. The monoisotopic (exact) mass is 613 g/mol. The maximum atomic E-state index is 9.87. The van der Waals surface area contributed by atoms with Crippen molar-refractivity contribution >= 4 is 42.1 Å². The number of fused-ring (bicyclic) bond motifs is 1. The summed E-state index contributed by atoms with van der Waals surface area (Å²) in [5.74, 6) is 6.32. The fraction of sp³-hybridized carbons (Fsp3) is 0.500. The van der Waals surface area contributed by atoms with Crippen LogP contribution in [0.25, 0.3) is 5.65 Å². The molecule has 3 heterocycles. The van der Waals surface area contributed by atoms with Gasteiger partial charge in [-0.25, -0.2) is 5.84 Å². The summed E-state index contributed by atoms with van der Waals surface area (Å²) in [6.45, 7) is 8.00. The van der Waals surface area contributed by atoms with Crippen molar-refractivity contribution in [1.29, 1.82) is 0 Å². The second kappa shape index (κ2) is 17.5. The van der Waals surface area contributed by atoms with E-state index in [-0.39, 0.29) is 0 Å². The van der Waals surface area contributed by atoms with Gasteiger partial charge in [0.15, 0.2) is 11.5 Å². The molecule has 3 N–H and O–H groups in total. The average molecular weight is 614 g/mol. The summed E-state index contributed by atoms with van der Waals surface area (Å²) in [4.78, 5) is 3.72. The van der Waals surface area contributed by atoms with Crippen LogP contribution >= 0.6 is 19.4 Å². The third-order valence-corrected chi connectivity index (χ3v) is 3.70. The number of nitrogens with two attached hydrogens (primary N) is 1. The van der Waals surface area contributed by atoms with Crippen molar-refractivity contribution in [1.82, 2.24) is 34.9 Å². The molecule has 0 radical (unpaired) electrons. The molecule has 228 valence electrons. The minimum Gasteiger partial charge on any atom is -0.307 e. The van der Waals surface area contributed by atoms with E-state index in [0.29, 0.717) is 5.82 Å². The SMILES string of the molecule is CC.CC.CN(C)C(Cl)=[N+](C)C.CN(C)c1nnc2cccnn12.F[P-](F)(F)(F)(F)F.NNc1cccnn1. The van der Waals surface area contributed by atoms with Crippen LogP contribution in [0.2, 0.25) is 0 Å². The fourth-order valence-electron chi connectivity index (χ4n) is 1.79. The molecule has 0 aliphatic heterocycles. The van der Waals surface area contributed by atoms with E-state index in [1.807, 2.05) is 96.5 Å². The van der Waals surface area contributed by atoms with Gasteiger partial charge in [0.05, 0.1) is 28.2 Å². The molecular weight excluding hydrogens is 575 g/mol. The largest absolute Gasteiger partial charge is 0.307 e. The molecule has 39 heavy (non-hydrogen) atoms. The zero-order chi connectivity index (χ0) is 31.5. The number of hydrogen-bond donors (Lipinski definition) is 2. The molecule has 0 spiro atoms. The summed E-state index contributed by atoms with van der Waals surface area (Å²) >= 11 is 5.72. The van der Waals surface area contributed by atoms with E-state index in [2.05, 4.69) is 30.9 Å². The number of halogens is 7. The van der Waals surface area contributed by atoms with E-state index < -0.39 is 7.81 Å². The summed E-state index contributed by atoms with van der Waals surface area (Å²) in [5, 5.41) is 19.9. The third-order valence-electron chi connectivity index (χ3n) is 3.02. The third kappa shape index (κ3) is 25.0. The summed E-state index contributed by atoms with van der Waals surface area (Å²) < 4.78 is 62.7. The minimum atomic E-state index is -10.7. The van der Waals surface area contributed by atoms with E-state index in [9.17, 15) is 25.2 Å². The molecule has 3 aromatic heterocycles. The molecule has 0 aliphatic carbocycles. The number of hydrogen-bond acceptors (Lipinski definition) is 8. The van der Waals surface area contributed by atoms with Crippen molar-refractivity contribution in [3.8, 4) is 0 Å². The molecule has 3 rings (SSSR count). The minimum absolute atomic E-state index is 0.576.